The molecule has 1 fully saturated rings. The summed E-state index contributed by atoms with van der Waals surface area (Å²) >= 11 is 18.6. The second-order valence-corrected chi connectivity index (χ2v) is 14.4. The van der Waals surface area contributed by atoms with Crippen LogP contribution in [0, 0.1) is 0 Å². The number of hydrogen-bond acceptors (Lipinski definition) is 4. The minimum atomic E-state index is -4.22. The molecule has 0 aromatic heterocycles. The highest BCUT2D eigenvalue weighted by molar-refractivity contribution is 7.92. The first-order valence-corrected chi connectivity index (χ1v) is 17.6. The van der Waals surface area contributed by atoms with Crippen LogP contribution in [0.3, 0.4) is 0 Å². The van der Waals surface area contributed by atoms with Crippen molar-refractivity contribution < 1.29 is 18.0 Å². The van der Waals surface area contributed by atoms with Gasteiger partial charge >= 0.3 is 0 Å². The van der Waals surface area contributed by atoms with Gasteiger partial charge in [0, 0.05) is 24.0 Å². The molecule has 0 aliphatic heterocycles. The highest BCUT2D eigenvalue weighted by atomic mass is 35.5. The predicted octanol–water partition coefficient (Wildman–Crippen LogP) is 7.54. The van der Waals surface area contributed by atoms with Crippen molar-refractivity contribution in [3.63, 3.8) is 0 Å². The van der Waals surface area contributed by atoms with Gasteiger partial charge in [-0.3, -0.25) is 13.9 Å². The molecular weight excluding hydrogens is 665 g/mol. The van der Waals surface area contributed by atoms with Gasteiger partial charge in [-0.05, 0) is 72.5 Å². The fraction of sp³-hybridized carbons (Fsp3) is 0.257. The first-order chi connectivity index (χ1) is 22.1. The zero-order valence-corrected chi connectivity index (χ0v) is 28.1. The number of nitrogens with zero attached hydrogens (tertiary/aromatic N) is 2. The lowest BCUT2D eigenvalue weighted by atomic mass is 10.0. The van der Waals surface area contributed by atoms with Gasteiger partial charge in [0.2, 0.25) is 11.8 Å². The first kappa shape index (κ1) is 33.8. The molecule has 1 aliphatic carbocycles. The molecule has 0 saturated heterocycles. The number of benzene rings is 4. The Hall–Kier alpha value is -3.56. The lowest BCUT2D eigenvalue weighted by Crippen LogP contribution is -2.54. The molecule has 0 heterocycles. The Morgan fingerprint density at radius 1 is 0.783 bits per heavy atom. The lowest BCUT2D eigenvalue weighted by Gasteiger charge is -2.34. The van der Waals surface area contributed by atoms with E-state index in [0.29, 0.717) is 26.3 Å². The van der Waals surface area contributed by atoms with Gasteiger partial charge in [-0.15, -0.1) is 0 Å². The Kier molecular flexibility index (Phi) is 11.3. The number of rotatable bonds is 12. The number of carbonyl (C=O) groups excluding carboxylic acids is 2. The summed E-state index contributed by atoms with van der Waals surface area (Å²) in [5.41, 5.74) is 1.80. The van der Waals surface area contributed by atoms with Crippen LogP contribution in [0.2, 0.25) is 15.1 Å². The molecule has 4 aromatic rings. The molecule has 4 aromatic carbocycles. The number of hydrogen-bond donors (Lipinski definition) is 1. The topological polar surface area (TPSA) is 86.8 Å². The van der Waals surface area contributed by atoms with Crippen molar-refractivity contribution in [1.82, 2.24) is 10.2 Å². The quantitative estimate of drug-likeness (QED) is 0.166. The maximum Gasteiger partial charge on any atom is 0.264 e. The zero-order chi connectivity index (χ0) is 32.7. The predicted molar refractivity (Wildman–Crippen MR) is 184 cm³/mol. The Bertz CT molecular complexity index is 1750. The molecule has 1 aliphatic rings. The van der Waals surface area contributed by atoms with Gasteiger partial charge in [-0.1, -0.05) is 102 Å². The van der Waals surface area contributed by atoms with E-state index >= 15 is 0 Å². The molecule has 0 bridgehead atoms. The van der Waals surface area contributed by atoms with Gasteiger partial charge in [0.05, 0.1) is 20.6 Å². The smallest absolute Gasteiger partial charge is 0.264 e. The van der Waals surface area contributed by atoms with Crippen molar-refractivity contribution in [3.8, 4) is 0 Å². The monoisotopic (exact) mass is 697 g/mol. The van der Waals surface area contributed by atoms with Gasteiger partial charge in [0.25, 0.3) is 10.0 Å². The van der Waals surface area contributed by atoms with Gasteiger partial charge in [-0.25, -0.2) is 8.42 Å². The van der Waals surface area contributed by atoms with Crippen molar-refractivity contribution >= 4 is 62.3 Å². The summed E-state index contributed by atoms with van der Waals surface area (Å²) in [6.45, 7) is -0.562. The van der Waals surface area contributed by atoms with E-state index in [-0.39, 0.29) is 29.8 Å². The van der Waals surface area contributed by atoms with E-state index in [0.717, 1.165) is 35.6 Å². The van der Waals surface area contributed by atoms with E-state index in [4.69, 9.17) is 34.8 Å². The summed E-state index contributed by atoms with van der Waals surface area (Å²) in [5.74, 6) is -0.856. The maximum absolute atomic E-state index is 14.5. The third-order valence-corrected chi connectivity index (χ3v) is 10.8. The van der Waals surface area contributed by atoms with Crippen LogP contribution < -0.4 is 9.62 Å². The van der Waals surface area contributed by atoms with Gasteiger partial charge in [0.15, 0.2) is 0 Å². The van der Waals surface area contributed by atoms with Crippen LogP contribution in [0.5, 0.6) is 0 Å². The third kappa shape index (κ3) is 8.42. The zero-order valence-electron chi connectivity index (χ0n) is 25.0. The van der Waals surface area contributed by atoms with Crippen molar-refractivity contribution in [2.75, 3.05) is 10.8 Å². The van der Waals surface area contributed by atoms with Crippen molar-refractivity contribution in [3.05, 3.63) is 129 Å². The van der Waals surface area contributed by atoms with Crippen LogP contribution in [-0.2, 0) is 32.6 Å². The third-order valence-electron chi connectivity index (χ3n) is 8.03. The molecule has 1 saturated carbocycles. The summed E-state index contributed by atoms with van der Waals surface area (Å²) in [6.07, 6.45) is 4.00. The largest absolute Gasteiger partial charge is 0.352 e. The number of para-hydroxylation sites is 1. The van der Waals surface area contributed by atoms with Crippen LogP contribution in [0.15, 0.2) is 108 Å². The van der Waals surface area contributed by atoms with E-state index in [2.05, 4.69) is 5.32 Å². The van der Waals surface area contributed by atoms with Crippen LogP contribution in [0.1, 0.15) is 36.8 Å². The fourth-order valence-electron chi connectivity index (χ4n) is 5.61. The highest BCUT2D eigenvalue weighted by Crippen LogP contribution is 2.28. The van der Waals surface area contributed by atoms with Crippen LogP contribution in [0.4, 0.5) is 5.69 Å². The highest BCUT2D eigenvalue weighted by Gasteiger charge is 2.35. The summed E-state index contributed by atoms with van der Waals surface area (Å²) in [6, 6.07) is 27.7. The molecule has 2 amide bonds. The van der Waals surface area contributed by atoms with Crippen molar-refractivity contribution in [2.24, 2.45) is 0 Å². The molecule has 46 heavy (non-hydrogen) atoms. The summed E-state index contributed by atoms with van der Waals surface area (Å²) < 4.78 is 29.2. The van der Waals surface area contributed by atoms with Gasteiger partial charge < -0.3 is 10.2 Å². The Morgan fingerprint density at radius 2 is 1.41 bits per heavy atom. The molecule has 1 N–H and O–H groups in total. The van der Waals surface area contributed by atoms with E-state index in [1.165, 1.54) is 29.2 Å². The van der Waals surface area contributed by atoms with Crippen molar-refractivity contribution in [2.45, 2.75) is 55.6 Å². The normalized spacial score (nSPS) is 14.1. The summed E-state index contributed by atoms with van der Waals surface area (Å²) in [7, 11) is -4.22. The van der Waals surface area contributed by atoms with E-state index < -0.39 is 28.5 Å². The van der Waals surface area contributed by atoms with Crippen LogP contribution in [0.25, 0.3) is 0 Å². The van der Waals surface area contributed by atoms with Gasteiger partial charge in [0.1, 0.15) is 12.6 Å². The second-order valence-electron chi connectivity index (χ2n) is 11.3. The van der Waals surface area contributed by atoms with E-state index in [9.17, 15) is 18.0 Å². The summed E-state index contributed by atoms with van der Waals surface area (Å²) in [5, 5.41) is 4.20. The van der Waals surface area contributed by atoms with E-state index in [1.807, 2.05) is 30.3 Å². The SMILES string of the molecule is O=C(NC1CCCC1)[C@H](Cc1ccccc1)N(Cc1ccc(Cl)c(Cl)c1)C(=O)CN(c1ccccc1)S(=O)(=O)c1ccc(Cl)cc1. The number of anilines is 1. The minimum Gasteiger partial charge on any atom is -0.352 e. The standard InChI is InChI=1S/C35H34Cl3N3O4S/c36-27-16-18-30(19-17-27)46(44,45)41(29-13-5-2-6-14-29)24-34(42)40(23-26-15-20-31(37)32(38)21-26)33(22-25-9-3-1-4-10-25)35(43)39-28-11-7-8-12-28/h1-6,9-10,13-21,28,33H,7-8,11-12,22-24H2,(H,39,43)/t33-/m0/s1. The number of amides is 2. The molecule has 0 spiro atoms. The molecule has 5 rings (SSSR count). The average Bonchev–Trinajstić information content (AvgIpc) is 3.57. The first-order valence-electron chi connectivity index (χ1n) is 15.0. The minimum absolute atomic E-state index is 0.00503. The lowest BCUT2D eigenvalue weighted by molar-refractivity contribution is -0.140. The molecular formula is C35H34Cl3N3O4S. The number of halogens is 3. The number of nitrogens with one attached hydrogen (secondary N) is 1. The maximum atomic E-state index is 14.5. The molecule has 240 valence electrons. The molecule has 11 heteroatoms. The summed E-state index contributed by atoms with van der Waals surface area (Å²) in [4.78, 5) is 30.0. The number of carbonyl (C=O) groups is 2. The van der Waals surface area contributed by atoms with Crippen LogP contribution >= 0.6 is 34.8 Å². The average molecular weight is 699 g/mol. The van der Waals surface area contributed by atoms with Gasteiger partial charge in [-0.2, -0.15) is 0 Å². The molecule has 1 atom stereocenters. The van der Waals surface area contributed by atoms with Crippen molar-refractivity contribution in [1.29, 1.82) is 0 Å². The molecule has 0 unspecified atom stereocenters. The van der Waals surface area contributed by atoms with E-state index in [1.54, 1.807) is 48.5 Å². The Labute approximate surface area is 285 Å². The second kappa shape index (κ2) is 15.4. The Morgan fingerprint density at radius 3 is 2.04 bits per heavy atom. The molecule has 7 nitrogen and oxygen atoms in total. The fourth-order valence-corrected chi connectivity index (χ4v) is 7.47. The Balaban J connectivity index is 1.56. The van der Waals surface area contributed by atoms with Crippen LogP contribution in [-0.4, -0.2) is 43.8 Å². The molecule has 0 radical (unpaired) electrons. The number of sulfonamides is 1.